The van der Waals surface area contributed by atoms with Crippen LogP contribution < -0.4 is 0 Å². The second-order valence-electron chi connectivity index (χ2n) is 7.53. The lowest BCUT2D eigenvalue weighted by atomic mass is 10.0. The van der Waals surface area contributed by atoms with Gasteiger partial charge in [-0.15, -0.1) is 0 Å². The molecule has 0 saturated heterocycles. The predicted octanol–water partition coefficient (Wildman–Crippen LogP) is 4.27. The van der Waals surface area contributed by atoms with Gasteiger partial charge in [-0.1, -0.05) is 26.0 Å². The Morgan fingerprint density at radius 2 is 1.74 bits per heavy atom. The van der Waals surface area contributed by atoms with Crippen molar-refractivity contribution in [2.24, 2.45) is 0 Å². The Morgan fingerprint density at radius 1 is 1.15 bits per heavy atom. The summed E-state index contributed by atoms with van der Waals surface area (Å²) < 4.78 is 7.45. The maximum atomic E-state index is 12.8. The van der Waals surface area contributed by atoms with Crippen molar-refractivity contribution in [1.29, 1.82) is 0 Å². The summed E-state index contributed by atoms with van der Waals surface area (Å²) in [6.45, 7) is 11.5. The number of esters is 1. The normalized spacial score (nSPS) is 12.7. The highest BCUT2D eigenvalue weighted by Gasteiger charge is 2.28. The van der Waals surface area contributed by atoms with E-state index in [9.17, 15) is 9.59 Å². The second kappa shape index (κ2) is 7.94. The number of carboxylic acid groups (broad SMARTS) is 1. The van der Waals surface area contributed by atoms with Gasteiger partial charge in [-0.05, 0) is 58.2 Å². The molecule has 1 aromatic heterocycles. The molecule has 1 atom stereocenters. The first-order valence-electron chi connectivity index (χ1n) is 9.25. The third kappa shape index (κ3) is 4.56. The molecule has 0 aliphatic rings. The number of ether oxygens (including phenoxy) is 1. The van der Waals surface area contributed by atoms with Crippen LogP contribution in [0.1, 0.15) is 85.3 Å². The average Bonchev–Trinajstić information content (AvgIpc) is 2.98. The molecule has 0 saturated carbocycles. The molecule has 0 aliphatic heterocycles. The number of carbonyl (C=O) groups is 2. The molecule has 0 radical (unpaired) electrons. The van der Waals surface area contributed by atoms with E-state index in [0.29, 0.717) is 18.4 Å². The van der Waals surface area contributed by atoms with Crippen molar-refractivity contribution in [3.05, 3.63) is 52.3 Å². The summed E-state index contributed by atoms with van der Waals surface area (Å²) in [6, 6.07) is 6.60. The Bertz CT molecular complexity index is 829. The zero-order chi connectivity index (χ0) is 20.4. The predicted molar refractivity (Wildman–Crippen MR) is 103 cm³/mol. The summed E-state index contributed by atoms with van der Waals surface area (Å²) in [7, 11) is 0. The van der Waals surface area contributed by atoms with Crippen LogP contribution in [0.25, 0.3) is 0 Å². The Morgan fingerprint density at radius 3 is 2.19 bits per heavy atom. The van der Waals surface area contributed by atoms with Gasteiger partial charge in [0.1, 0.15) is 11.2 Å². The first-order valence-corrected chi connectivity index (χ1v) is 9.25. The number of carboxylic acids is 1. The van der Waals surface area contributed by atoms with Gasteiger partial charge in [0, 0.05) is 0 Å². The summed E-state index contributed by atoms with van der Waals surface area (Å²) in [4.78, 5) is 23.8. The molecule has 0 aliphatic carbocycles. The van der Waals surface area contributed by atoms with Crippen LogP contribution in [0.3, 0.4) is 0 Å². The largest absolute Gasteiger partial charge is 0.478 e. The molecule has 0 amide bonds. The standard InChI is InChI=1S/C21H28N2O4/c1-7-16-18(20(26)27-21(4,5)6)17(8-2)23(22-16)13(3)14-9-11-15(12-10-14)19(24)25/h9-13H,7-8H2,1-6H3,(H,24,25). The number of hydrogen-bond donors (Lipinski definition) is 1. The number of aryl methyl sites for hydroxylation is 1. The molecule has 0 bridgehead atoms. The fraction of sp³-hybridized carbons (Fsp3) is 0.476. The molecule has 0 fully saturated rings. The molecular formula is C21H28N2O4. The Balaban J connectivity index is 2.47. The highest BCUT2D eigenvalue weighted by atomic mass is 16.6. The van der Waals surface area contributed by atoms with Crippen molar-refractivity contribution in [2.45, 2.75) is 66.0 Å². The van der Waals surface area contributed by atoms with Crippen LogP contribution in [-0.2, 0) is 17.6 Å². The van der Waals surface area contributed by atoms with E-state index in [1.54, 1.807) is 24.3 Å². The van der Waals surface area contributed by atoms with Crippen LogP contribution in [0.2, 0.25) is 0 Å². The molecule has 2 aromatic rings. The second-order valence-corrected chi connectivity index (χ2v) is 7.53. The highest BCUT2D eigenvalue weighted by Crippen LogP contribution is 2.26. The molecule has 6 nitrogen and oxygen atoms in total. The lowest BCUT2D eigenvalue weighted by molar-refractivity contribution is 0.00668. The summed E-state index contributed by atoms with van der Waals surface area (Å²) in [5.41, 5.74) is 2.68. The number of aromatic carboxylic acids is 1. The van der Waals surface area contributed by atoms with Crippen LogP contribution in [-0.4, -0.2) is 32.4 Å². The smallest absolute Gasteiger partial charge is 0.342 e. The SMILES string of the molecule is CCc1nn(C(C)c2ccc(C(=O)O)cc2)c(CC)c1C(=O)OC(C)(C)C. The third-order valence-corrected chi connectivity index (χ3v) is 4.36. The Labute approximate surface area is 160 Å². The Hall–Kier alpha value is -2.63. The fourth-order valence-corrected chi connectivity index (χ4v) is 3.04. The van der Waals surface area contributed by atoms with Crippen molar-refractivity contribution >= 4 is 11.9 Å². The third-order valence-electron chi connectivity index (χ3n) is 4.36. The van der Waals surface area contributed by atoms with Crippen molar-refractivity contribution in [1.82, 2.24) is 9.78 Å². The van der Waals surface area contributed by atoms with Crippen molar-refractivity contribution < 1.29 is 19.4 Å². The summed E-state index contributed by atoms with van der Waals surface area (Å²) >= 11 is 0. The highest BCUT2D eigenvalue weighted by molar-refractivity contribution is 5.92. The van der Waals surface area contributed by atoms with Gasteiger partial charge in [-0.25, -0.2) is 9.59 Å². The molecule has 1 heterocycles. The minimum Gasteiger partial charge on any atom is -0.478 e. The molecule has 2 rings (SSSR count). The maximum absolute atomic E-state index is 12.8. The van der Waals surface area contributed by atoms with E-state index in [4.69, 9.17) is 9.84 Å². The quantitative estimate of drug-likeness (QED) is 0.766. The Kier molecular flexibility index (Phi) is 6.08. The van der Waals surface area contributed by atoms with E-state index in [0.717, 1.165) is 17.0 Å². The van der Waals surface area contributed by atoms with Gasteiger partial charge in [0.05, 0.1) is 23.0 Å². The van der Waals surface area contributed by atoms with Crippen molar-refractivity contribution in [3.8, 4) is 0 Å². The topological polar surface area (TPSA) is 81.4 Å². The fourth-order valence-electron chi connectivity index (χ4n) is 3.04. The first kappa shape index (κ1) is 20.7. The number of aromatic nitrogens is 2. The molecule has 1 unspecified atom stereocenters. The number of hydrogen-bond acceptors (Lipinski definition) is 4. The van der Waals surface area contributed by atoms with Crippen LogP contribution in [0, 0.1) is 0 Å². The minimum atomic E-state index is -0.956. The van der Waals surface area contributed by atoms with Gasteiger partial charge >= 0.3 is 11.9 Å². The zero-order valence-electron chi connectivity index (χ0n) is 16.9. The number of carbonyl (C=O) groups excluding carboxylic acids is 1. The summed E-state index contributed by atoms with van der Waals surface area (Å²) in [5.74, 6) is -1.31. The van der Waals surface area contributed by atoms with E-state index in [1.165, 1.54) is 0 Å². The molecular weight excluding hydrogens is 344 g/mol. The molecule has 27 heavy (non-hydrogen) atoms. The minimum absolute atomic E-state index is 0.135. The van der Waals surface area contributed by atoms with Crippen LogP contribution in [0.4, 0.5) is 0 Å². The van der Waals surface area contributed by atoms with Gasteiger partial charge < -0.3 is 9.84 Å². The lowest BCUT2D eigenvalue weighted by Gasteiger charge is -2.20. The van der Waals surface area contributed by atoms with E-state index in [2.05, 4.69) is 5.10 Å². The van der Waals surface area contributed by atoms with Crippen LogP contribution >= 0.6 is 0 Å². The molecule has 1 N–H and O–H groups in total. The maximum Gasteiger partial charge on any atom is 0.342 e. The van der Waals surface area contributed by atoms with Gasteiger partial charge in [0.25, 0.3) is 0 Å². The van der Waals surface area contributed by atoms with Crippen LogP contribution in [0.5, 0.6) is 0 Å². The van der Waals surface area contributed by atoms with Gasteiger partial charge in [0.2, 0.25) is 0 Å². The molecule has 6 heteroatoms. The monoisotopic (exact) mass is 372 g/mol. The number of benzene rings is 1. The zero-order valence-corrected chi connectivity index (χ0v) is 16.9. The van der Waals surface area contributed by atoms with Gasteiger partial charge in [-0.2, -0.15) is 5.10 Å². The summed E-state index contributed by atoms with van der Waals surface area (Å²) in [5, 5.41) is 13.8. The molecule has 146 valence electrons. The van der Waals surface area contributed by atoms with Crippen molar-refractivity contribution in [2.75, 3.05) is 0 Å². The van der Waals surface area contributed by atoms with Gasteiger partial charge in [0.15, 0.2) is 0 Å². The van der Waals surface area contributed by atoms with E-state index < -0.39 is 11.6 Å². The first-order chi connectivity index (χ1) is 12.6. The van der Waals surface area contributed by atoms with E-state index in [1.807, 2.05) is 46.2 Å². The molecule has 1 aromatic carbocycles. The lowest BCUT2D eigenvalue weighted by Crippen LogP contribution is -2.25. The van der Waals surface area contributed by atoms with Gasteiger partial charge in [-0.3, -0.25) is 4.68 Å². The van der Waals surface area contributed by atoms with E-state index >= 15 is 0 Å². The average molecular weight is 372 g/mol. The molecule has 0 spiro atoms. The van der Waals surface area contributed by atoms with Crippen LogP contribution in [0.15, 0.2) is 24.3 Å². The van der Waals surface area contributed by atoms with E-state index in [-0.39, 0.29) is 17.6 Å². The number of rotatable bonds is 6. The number of nitrogens with zero attached hydrogens (tertiary/aromatic N) is 2. The summed E-state index contributed by atoms with van der Waals surface area (Å²) in [6.07, 6.45) is 1.26. The van der Waals surface area contributed by atoms with Crippen molar-refractivity contribution in [3.63, 3.8) is 0 Å².